The smallest absolute Gasteiger partial charge is 0.122 e. The molecular weight excluding hydrogens is 322 g/mol. The molecule has 0 aliphatic rings. The van der Waals surface area contributed by atoms with Gasteiger partial charge in [0.05, 0.1) is 7.11 Å². The Hall–Kier alpha value is -1.13. The topological polar surface area (TPSA) is 35.2 Å². The van der Waals surface area contributed by atoms with Crippen LogP contribution in [0.2, 0.25) is 0 Å². The van der Waals surface area contributed by atoms with E-state index >= 15 is 0 Å². The molecule has 0 atom stereocenters. The maximum absolute atomic E-state index is 5.83. The largest absolute Gasteiger partial charge is 0.496 e. The van der Waals surface area contributed by atoms with Crippen LogP contribution < -0.4 is 10.5 Å². The molecule has 0 bridgehead atoms. The monoisotopic (exact) mass is 337 g/mol. The third-order valence-electron chi connectivity index (χ3n) is 2.84. The van der Waals surface area contributed by atoms with Crippen molar-refractivity contribution >= 4 is 33.4 Å². The first-order valence-electron chi connectivity index (χ1n) is 5.91. The zero-order chi connectivity index (χ0) is 13.8. The Morgan fingerprint density at radius 3 is 2.74 bits per heavy atom. The Kier molecular flexibility index (Phi) is 4.77. The quantitative estimate of drug-likeness (QED) is 0.651. The van der Waals surface area contributed by atoms with Gasteiger partial charge < -0.3 is 10.5 Å². The molecule has 4 heteroatoms. The third-order valence-corrected chi connectivity index (χ3v) is 4.54. The first-order valence-corrected chi connectivity index (χ1v) is 7.69. The van der Waals surface area contributed by atoms with Crippen molar-refractivity contribution < 1.29 is 4.74 Å². The van der Waals surface area contributed by atoms with Crippen molar-refractivity contribution in [3.8, 4) is 5.75 Å². The van der Waals surface area contributed by atoms with Gasteiger partial charge >= 0.3 is 0 Å². The highest BCUT2D eigenvalue weighted by molar-refractivity contribution is 9.10. The molecule has 0 saturated heterocycles. The van der Waals surface area contributed by atoms with Crippen molar-refractivity contribution in [1.29, 1.82) is 0 Å². The summed E-state index contributed by atoms with van der Waals surface area (Å²) in [6.45, 7) is 2.10. The third kappa shape index (κ3) is 3.67. The molecule has 2 nitrogen and oxygen atoms in total. The number of halogens is 1. The number of anilines is 1. The molecule has 0 radical (unpaired) electrons. The predicted octanol–water partition coefficient (Wildman–Crippen LogP) is 4.64. The Morgan fingerprint density at radius 1 is 1.21 bits per heavy atom. The zero-order valence-electron chi connectivity index (χ0n) is 10.9. The molecule has 0 amide bonds. The summed E-state index contributed by atoms with van der Waals surface area (Å²) in [7, 11) is 1.70. The number of nitrogen functional groups attached to an aromatic ring is 1. The van der Waals surface area contributed by atoms with Crippen LogP contribution in [0, 0.1) is 6.92 Å². The molecule has 19 heavy (non-hydrogen) atoms. The van der Waals surface area contributed by atoms with Crippen LogP contribution in [-0.2, 0) is 5.75 Å². The average molecular weight is 338 g/mol. The number of thioether (sulfide) groups is 1. The van der Waals surface area contributed by atoms with Gasteiger partial charge in [-0.3, -0.25) is 0 Å². The van der Waals surface area contributed by atoms with Gasteiger partial charge in [-0.05, 0) is 42.8 Å². The summed E-state index contributed by atoms with van der Waals surface area (Å²) in [5.74, 6) is 1.77. The molecule has 0 aliphatic carbocycles. The van der Waals surface area contributed by atoms with Gasteiger partial charge in [-0.2, -0.15) is 0 Å². The van der Waals surface area contributed by atoms with E-state index in [1.54, 1.807) is 18.9 Å². The van der Waals surface area contributed by atoms with Crippen LogP contribution in [0.15, 0.2) is 45.8 Å². The van der Waals surface area contributed by atoms with Crippen molar-refractivity contribution in [1.82, 2.24) is 0 Å². The highest BCUT2D eigenvalue weighted by atomic mass is 79.9. The minimum Gasteiger partial charge on any atom is -0.496 e. The second-order valence-electron chi connectivity index (χ2n) is 4.27. The molecule has 0 saturated carbocycles. The van der Waals surface area contributed by atoms with Gasteiger partial charge in [0.2, 0.25) is 0 Å². The SMILES string of the molecule is COc1ccc(Br)cc1CSc1cc(N)ccc1C. The van der Waals surface area contributed by atoms with Crippen molar-refractivity contribution in [2.75, 3.05) is 12.8 Å². The van der Waals surface area contributed by atoms with Crippen LogP contribution in [0.1, 0.15) is 11.1 Å². The van der Waals surface area contributed by atoms with Crippen LogP contribution in [-0.4, -0.2) is 7.11 Å². The number of nitrogens with two attached hydrogens (primary N) is 1. The van der Waals surface area contributed by atoms with Crippen LogP contribution in [0.5, 0.6) is 5.75 Å². The minimum atomic E-state index is 0.800. The normalized spacial score (nSPS) is 10.5. The number of benzene rings is 2. The molecule has 100 valence electrons. The van der Waals surface area contributed by atoms with Gasteiger partial charge in [0.25, 0.3) is 0 Å². The number of hydrogen-bond acceptors (Lipinski definition) is 3. The lowest BCUT2D eigenvalue weighted by Gasteiger charge is -2.10. The Morgan fingerprint density at radius 2 is 2.00 bits per heavy atom. The van der Waals surface area contributed by atoms with Gasteiger partial charge in [-0.25, -0.2) is 0 Å². The van der Waals surface area contributed by atoms with Crippen LogP contribution >= 0.6 is 27.7 Å². The molecule has 0 heterocycles. The van der Waals surface area contributed by atoms with Gasteiger partial charge in [-0.15, -0.1) is 11.8 Å². The lowest BCUT2D eigenvalue weighted by molar-refractivity contribution is 0.411. The number of hydrogen-bond donors (Lipinski definition) is 1. The molecule has 0 spiro atoms. The fourth-order valence-corrected chi connectivity index (χ4v) is 3.25. The molecule has 2 N–H and O–H groups in total. The summed E-state index contributed by atoms with van der Waals surface area (Å²) in [5, 5.41) is 0. The lowest BCUT2D eigenvalue weighted by Crippen LogP contribution is -1.92. The summed E-state index contributed by atoms with van der Waals surface area (Å²) in [6, 6.07) is 12.1. The molecule has 0 aromatic heterocycles. The maximum atomic E-state index is 5.83. The number of rotatable bonds is 4. The van der Waals surface area contributed by atoms with Gasteiger partial charge in [0.15, 0.2) is 0 Å². The van der Waals surface area contributed by atoms with Gasteiger partial charge in [0, 0.05) is 26.4 Å². The van der Waals surface area contributed by atoms with E-state index in [-0.39, 0.29) is 0 Å². The van der Waals surface area contributed by atoms with E-state index < -0.39 is 0 Å². The van der Waals surface area contributed by atoms with Crippen molar-refractivity contribution in [3.63, 3.8) is 0 Å². The highest BCUT2D eigenvalue weighted by Crippen LogP contribution is 2.32. The predicted molar refractivity (Wildman–Crippen MR) is 85.8 cm³/mol. The van der Waals surface area contributed by atoms with Gasteiger partial charge in [-0.1, -0.05) is 22.0 Å². The molecule has 2 aromatic rings. The fourth-order valence-electron chi connectivity index (χ4n) is 1.79. The number of methoxy groups -OCH3 is 1. The standard InChI is InChI=1S/C15H16BrNOS/c1-10-3-5-13(17)8-15(10)19-9-11-7-12(16)4-6-14(11)18-2/h3-8H,9,17H2,1-2H3. The highest BCUT2D eigenvalue weighted by Gasteiger charge is 2.06. The first kappa shape index (κ1) is 14.3. The van der Waals surface area contributed by atoms with E-state index in [1.165, 1.54) is 16.0 Å². The molecule has 2 rings (SSSR count). The lowest BCUT2D eigenvalue weighted by atomic mass is 10.2. The molecule has 0 aliphatic heterocycles. The Balaban J connectivity index is 2.18. The van der Waals surface area contributed by atoms with E-state index in [0.717, 1.165) is 21.7 Å². The van der Waals surface area contributed by atoms with E-state index in [9.17, 15) is 0 Å². The molecule has 2 aromatic carbocycles. The second kappa shape index (κ2) is 6.35. The minimum absolute atomic E-state index is 0.800. The number of ether oxygens (including phenoxy) is 1. The maximum Gasteiger partial charge on any atom is 0.122 e. The molecule has 0 unspecified atom stereocenters. The summed E-state index contributed by atoms with van der Waals surface area (Å²) < 4.78 is 6.45. The Bertz CT molecular complexity index is 586. The second-order valence-corrected chi connectivity index (χ2v) is 6.20. The fraction of sp³-hybridized carbons (Fsp3) is 0.200. The van der Waals surface area contributed by atoms with Crippen LogP contribution in [0.25, 0.3) is 0 Å². The number of aryl methyl sites for hydroxylation is 1. The van der Waals surface area contributed by atoms with Crippen LogP contribution in [0.3, 0.4) is 0 Å². The first-order chi connectivity index (χ1) is 9.10. The average Bonchev–Trinajstić information content (AvgIpc) is 2.40. The van der Waals surface area contributed by atoms with Gasteiger partial charge in [0.1, 0.15) is 5.75 Å². The van der Waals surface area contributed by atoms with E-state index in [0.29, 0.717) is 0 Å². The van der Waals surface area contributed by atoms with Crippen molar-refractivity contribution in [3.05, 3.63) is 52.0 Å². The van der Waals surface area contributed by atoms with Crippen molar-refractivity contribution in [2.45, 2.75) is 17.6 Å². The summed E-state index contributed by atoms with van der Waals surface area (Å²) in [5.41, 5.74) is 9.05. The van der Waals surface area contributed by atoms with E-state index in [1.807, 2.05) is 24.3 Å². The van der Waals surface area contributed by atoms with E-state index in [4.69, 9.17) is 10.5 Å². The zero-order valence-corrected chi connectivity index (χ0v) is 13.3. The van der Waals surface area contributed by atoms with E-state index in [2.05, 4.69) is 35.0 Å². The molecule has 0 fully saturated rings. The molecular formula is C15H16BrNOS. The van der Waals surface area contributed by atoms with Crippen LogP contribution in [0.4, 0.5) is 5.69 Å². The summed E-state index contributed by atoms with van der Waals surface area (Å²) >= 11 is 5.26. The summed E-state index contributed by atoms with van der Waals surface area (Å²) in [6.07, 6.45) is 0. The Labute approximate surface area is 126 Å². The summed E-state index contributed by atoms with van der Waals surface area (Å²) in [4.78, 5) is 1.21. The van der Waals surface area contributed by atoms with Crippen molar-refractivity contribution in [2.24, 2.45) is 0 Å².